The van der Waals surface area contributed by atoms with Crippen LogP contribution < -0.4 is 4.74 Å². The number of methoxy groups -OCH3 is 1. The van der Waals surface area contributed by atoms with Crippen molar-refractivity contribution in [3.8, 4) is 11.8 Å². The maximum atomic E-state index is 11.2. The lowest BCUT2D eigenvalue weighted by atomic mass is 9.62. The summed E-state index contributed by atoms with van der Waals surface area (Å²) in [6.07, 6.45) is 2.30. The lowest BCUT2D eigenvalue weighted by molar-refractivity contribution is -0.0784. The van der Waals surface area contributed by atoms with Crippen molar-refractivity contribution in [3.63, 3.8) is 0 Å². The third-order valence-corrected chi connectivity index (χ3v) is 4.91. The van der Waals surface area contributed by atoms with Crippen LogP contribution in [0.15, 0.2) is 24.3 Å². The summed E-state index contributed by atoms with van der Waals surface area (Å²) in [5.74, 6) is 0.606. The normalized spacial score (nSPS) is 34.5. The van der Waals surface area contributed by atoms with Gasteiger partial charge in [0.1, 0.15) is 16.8 Å². The van der Waals surface area contributed by atoms with Crippen LogP contribution in [0.4, 0.5) is 0 Å². The molecule has 2 saturated heterocycles. The second-order valence-corrected chi connectivity index (χ2v) is 5.88. The van der Waals surface area contributed by atoms with Crippen LogP contribution in [0.2, 0.25) is 0 Å². The molecule has 2 aliphatic heterocycles. The van der Waals surface area contributed by atoms with Gasteiger partial charge in [-0.25, -0.2) is 0 Å². The first-order valence-electron chi connectivity index (χ1n) is 6.98. The molecule has 0 spiro atoms. The molecule has 0 aliphatic carbocycles. The topological polar surface area (TPSA) is 62.5 Å². The third kappa shape index (κ3) is 1.60. The summed E-state index contributed by atoms with van der Waals surface area (Å²) < 4.78 is 11.2. The smallest absolute Gasteiger partial charge is 0.124 e. The molecule has 20 heavy (non-hydrogen) atoms. The standard InChI is InChI=1S/C16H19NO3/c1-15(18,12-5-3-4-6-13(12)19-2)16(10-17)9-11-7-8-14(16)20-11/h3-6,11,14,18H,7-9H2,1-2H3. The number of fused-ring (bicyclic) bond motifs is 2. The Morgan fingerprint density at radius 3 is 2.75 bits per heavy atom. The Morgan fingerprint density at radius 2 is 2.20 bits per heavy atom. The number of para-hydroxylation sites is 1. The van der Waals surface area contributed by atoms with E-state index in [9.17, 15) is 10.4 Å². The Morgan fingerprint density at radius 1 is 1.45 bits per heavy atom. The van der Waals surface area contributed by atoms with Crippen molar-refractivity contribution in [2.45, 2.75) is 44.0 Å². The molecule has 106 valence electrons. The lowest BCUT2D eigenvalue weighted by Crippen LogP contribution is -2.49. The van der Waals surface area contributed by atoms with Gasteiger partial charge in [0.25, 0.3) is 0 Å². The van der Waals surface area contributed by atoms with Crippen LogP contribution in [0.3, 0.4) is 0 Å². The van der Waals surface area contributed by atoms with Crippen LogP contribution in [0, 0.1) is 16.7 Å². The fourth-order valence-corrected chi connectivity index (χ4v) is 3.73. The van der Waals surface area contributed by atoms with Crippen LogP contribution in [-0.2, 0) is 10.3 Å². The molecule has 1 aromatic carbocycles. The van der Waals surface area contributed by atoms with E-state index in [1.165, 1.54) is 0 Å². The van der Waals surface area contributed by atoms with Crippen LogP contribution in [0.1, 0.15) is 31.7 Å². The van der Waals surface area contributed by atoms with E-state index in [0.717, 1.165) is 12.8 Å². The Hall–Kier alpha value is -1.57. The van der Waals surface area contributed by atoms with Gasteiger partial charge in [0, 0.05) is 5.56 Å². The van der Waals surface area contributed by atoms with E-state index in [2.05, 4.69) is 6.07 Å². The zero-order chi connectivity index (χ0) is 14.4. The number of nitriles is 1. The molecular formula is C16H19NO3. The molecule has 1 N–H and O–H groups in total. The number of ether oxygens (including phenoxy) is 2. The van der Waals surface area contributed by atoms with E-state index in [-0.39, 0.29) is 12.2 Å². The molecule has 2 bridgehead atoms. The molecule has 0 radical (unpaired) electrons. The average Bonchev–Trinajstić information content (AvgIpc) is 3.08. The van der Waals surface area contributed by atoms with Crippen molar-refractivity contribution >= 4 is 0 Å². The summed E-state index contributed by atoms with van der Waals surface area (Å²) in [7, 11) is 1.57. The summed E-state index contributed by atoms with van der Waals surface area (Å²) in [6.45, 7) is 1.71. The molecule has 4 nitrogen and oxygen atoms in total. The highest BCUT2D eigenvalue weighted by molar-refractivity contribution is 5.41. The molecule has 0 aromatic heterocycles. The van der Waals surface area contributed by atoms with Crippen LogP contribution >= 0.6 is 0 Å². The van der Waals surface area contributed by atoms with E-state index < -0.39 is 11.0 Å². The fraction of sp³-hybridized carbons (Fsp3) is 0.562. The molecule has 4 unspecified atom stereocenters. The molecule has 2 heterocycles. The summed E-state index contributed by atoms with van der Waals surface area (Å²) in [4.78, 5) is 0. The van der Waals surface area contributed by atoms with E-state index in [0.29, 0.717) is 17.7 Å². The summed E-state index contributed by atoms with van der Waals surface area (Å²) in [5, 5.41) is 21.0. The Balaban J connectivity index is 2.09. The van der Waals surface area contributed by atoms with Gasteiger partial charge in [-0.3, -0.25) is 0 Å². The molecule has 0 amide bonds. The van der Waals surface area contributed by atoms with Crippen molar-refractivity contribution in [1.29, 1.82) is 5.26 Å². The van der Waals surface area contributed by atoms with E-state index >= 15 is 0 Å². The second kappa shape index (κ2) is 4.47. The maximum absolute atomic E-state index is 11.2. The number of nitrogens with zero attached hydrogens (tertiary/aromatic N) is 1. The van der Waals surface area contributed by atoms with Crippen molar-refractivity contribution in [1.82, 2.24) is 0 Å². The minimum absolute atomic E-state index is 0.0980. The van der Waals surface area contributed by atoms with Gasteiger partial charge >= 0.3 is 0 Å². The maximum Gasteiger partial charge on any atom is 0.124 e. The van der Waals surface area contributed by atoms with E-state index in [1.54, 1.807) is 14.0 Å². The summed E-state index contributed by atoms with van der Waals surface area (Å²) in [6, 6.07) is 9.71. The number of aliphatic hydroxyl groups is 1. The Bertz CT molecular complexity index is 563. The fourth-order valence-electron chi connectivity index (χ4n) is 3.73. The lowest BCUT2D eigenvalue weighted by Gasteiger charge is -2.42. The van der Waals surface area contributed by atoms with E-state index in [4.69, 9.17) is 9.47 Å². The van der Waals surface area contributed by atoms with Gasteiger partial charge in [-0.15, -0.1) is 0 Å². The predicted octanol–water partition coefficient (Wildman–Crippen LogP) is 2.36. The quantitative estimate of drug-likeness (QED) is 0.918. The third-order valence-electron chi connectivity index (χ3n) is 4.91. The number of hydrogen-bond acceptors (Lipinski definition) is 4. The highest BCUT2D eigenvalue weighted by Gasteiger charge is 2.63. The highest BCUT2D eigenvalue weighted by Crippen LogP contribution is 2.57. The number of hydrogen-bond donors (Lipinski definition) is 1. The minimum atomic E-state index is -1.30. The molecule has 2 fully saturated rings. The largest absolute Gasteiger partial charge is 0.496 e. The van der Waals surface area contributed by atoms with Crippen LogP contribution in [0.25, 0.3) is 0 Å². The summed E-state index contributed by atoms with van der Waals surface area (Å²) in [5.41, 5.74) is -1.54. The average molecular weight is 273 g/mol. The molecule has 0 saturated carbocycles. The Kier molecular flexibility index (Phi) is 3.00. The van der Waals surface area contributed by atoms with Gasteiger partial charge in [0.2, 0.25) is 0 Å². The van der Waals surface area contributed by atoms with Crippen molar-refractivity contribution in [2.24, 2.45) is 5.41 Å². The van der Waals surface area contributed by atoms with Gasteiger partial charge in [0.05, 0.1) is 25.4 Å². The summed E-state index contributed by atoms with van der Waals surface area (Å²) >= 11 is 0. The monoisotopic (exact) mass is 273 g/mol. The van der Waals surface area contributed by atoms with Crippen molar-refractivity contribution in [3.05, 3.63) is 29.8 Å². The molecule has 4 heteroatoms. The second-order valence-electron chi connectivity index (χ2n) is 5.88. The first-order valence-corrected chi connectivity index (χ1v) is 6.98. The highest BCUT2D eigenvalue weighted by atomic mass is 16.5. The van der Waals surface area contributed by atoms with Gasteiger partial charge < -0.3 is 14.6 Å². The van der Waals surface area contributed by atoms with Gasteiger partial charge in [0.15, 0.2) is 0 Å². The molecular weight excluding hydrogens is 254 g/mol. The minimum Gasteiger partial charge on any atom is -0.496 e. The predicted molar refractivity (Wildman–Crippen MR) is 73.1 cm³/mol. The SMILES string of the molecule is COc1ccccc1C(C)(O)C1(C#N)CC2CCC1O2. The zero-order valence-corrected chi connectivity index (χ0v) is 11.8. The van der Waals surface area contributed by atoms with Gasteiger partial charge in [-0.2, -0.15) is 5.26 Å². The first-order chi connectivity index (χ1) is 9.55. The molecule has 1 aromatic rings. The molecule has 2 aliphatic rings. The van der Waals surface area contributed by atoms with Crippen molar-refractivity contribution in [2.75, 3.05) is 7.11 Å². The Labute approximate surface area is 118 Å². The number of rotatable bonds is 3. The van der Waals surface area contributed by atoms with Crippen molar-refractivity contribution < 1.29 is 14.6 Å². The zero-order valence-electron chi connectivity index (χ0n) is 11.8. The van der Waals surface area contributed by atoms with Gasteiger partial charge in [-0.1, -0.05) is 18.2 Å². The van der Waals surface area contributed by atoms with E-state index in [1.807, 2.05) is 24.3 Å². The van der Waals surface area contributed by atoms with Gasteiger partial charge in [-0.05, 0) is 32.3 Å². The molecule has 3 rings (SSSR count). The van der Waals surface area contributed by atoms with Crippen LogP contribution in [-0.4, -0.2) is 24.4 Å². The number of benzene rings is 1. The van der Waals surface area contributed by atoms with Crippen LogP contribution in [0.5, 0.6) is 5.75 Å². The first kappa shape index (κ1) is 13.4. The molecule has 4 atom stereocenters.